The van der Waals surface area contributed by atoms with Gasteiger partial charge in [-0.05, 0) is 76.6 Å². The van der Waals surface area contributed by atoms with Gasteiger partial charge in [-0.1, -0.05) is 106 Å². The molecule has 2 aliphatic heterocycles. The van der Waals surface area contributed by atoms with Crippen molar-refractivity contribution >= 4 is 17.8 Å². The summed E-state index contributed by atoms with van der Waals surface area (Å²) in [5.74, 6) is -0.699. The number of nitrogens with one attached hydrogen (secondary N) is 1. The van der Waals surface area contributed by atoms with Crippen molar-refractivity contribution in [3.63, 3.8) is 0 Å². The topological polar surface area (TPSA) is 128 Å². The Kier molecular flexibility index (Phi) is 15.3. The molecule has 10 atom stereocenters. The highest BCUT2D eigenvalue weighted by atomic mass is 16.7. The number of amides is 1. The fraction of sp³-hybridized carbons (Fsp3) is 0.438. The Morgan fingerprint density at radius 1 is 0.610 bits per heavy atom. The molecule has 59 heavy (non-hydrogen) atoms. The third-order valence-electron chi connectivity index (χ3n) is 11.7. The van der Waals surface area contributed by atoms with E-state index in [0.717, 1.165) is 22.3 Å². The Labute approximate surface area is 347 Å². The van der Waals surface area contributed by atoms with E-state index in [2.05, 4.69) is 26.1 Å². The lowest BCUT2D eigenvalue weighted by molar-refractivity contribution is -0.274. The molecule has 0 unspecified atom stereocenters. The third kappa shape index (κ3) is 11.6. The van der Waals surface area contributed by atoms with Crippen LogP contribution >= 0.6 is 0 Å². The molecule has 11 nitrogen and oxygen atoms in total. The van der Waals surface area contributed by atoms with E-state index in [1.54, 1.807) is 13.1 Å². The van der Waals surface area contributed by atoms with Crippen LogP contribution in [0.5, 0.6) is 5.75 Å². The van der Waals surface area contributed by atoms with Crippen molar-refractivity contribution in [2.24, 2.45) is 23.7 Å². The lowest BCUT2D eigenvalue weighted by Gasteiger charge is -2.49. The molecule has 0 bridgehead atoms. The standard InChI is InChI=1S/C48H57NO10/c1-30-31(2)45(55-26-35-14-9-7-10-15-35)42(58-43(30)28-53-33(4)50)25-41-32(3)44(29-54-34(5)51)59-48(46(41)56-27-36-16-11-8-12-17-36)57-40-22-20-37(21-23-40)38-18-13-19-39(24-38)47(52)49-6/h7-24,30-32,41-46,48H,25-29H2,1-6H3,(H,49,52)/t30-,31-,32-,41-,42+,43+,44+,45-,46-,48-/m0/s1. The second-order valence-electron chi connectivity index (χ2n) is 15.7. The summed E-state index contributed by atoms with van der Waals surface area (Å²) < 4.78 is 45.0. The SMILES string of the molecule is CNC(=O)c1cccc(-c2ccc(O[C@H]3O[C@H](COC(C)=O)[C@@H](C)[C@H](C[C@H]4O[C@H](COC(C)=O)[C@@H](C)[C@H](C)[C@@H]4OCc4ccccc4)[C@@H]3OCc3ccccc3)cc2)c1. The highest BCUT2D eigenvalue weighted by Crippen LogP contribution is 2.42. The predicted molar refractivity (Wildman–Crippen MR) is 222 cm³/mol. The molecule has 4 aromatic carbocycles. The second kappa shape index (κ2) is 20.8. The minimum atomic E-state index is -0.900. The minimum absolute atomic E-state index is 0.0286. The molecule has 0 saturated carbocycles. The third-order valence-corrected chi connectivity index (χ3v) is 11.7. The van der Waals surface area contributed by atoms with Gasteiger partial charge in [0.1, 0.15) is 25.1 Å². The molecule has 1 amide bonds. The zero-order chi connectivity index (χ0) is 41.9. The van der Waals surface area contributed by atoms with Crippen LogP contribution in [0.4, 0.5) is 0 Å². The monoisotopic (exact) mass is 807 g/mol. The average Bonchev–Trinajstić information content (AvgIpc) is 3.25. The molecule has 4 aromatic rings. The molecule has 11 heteroatoms. The highest BCUT2D eigenvalue weighted by Gasteiger charge is 2.50. The van der Waals surface area contributed by atoms with Crippen LogP contribution in [0.3, 0.4) is 0 Å². The molecule has 0 spiro atoms. The van der Waals surface area contributed by atoms with Crippen molar-refractivity contribution in [1.82, 2.24) is 5.32 Å². The van der Waals surface area contributed by atoms with Gasteiger partial charge >= 0.3 is 11.9 Å². The van der Waals surface area contributed by atoms with E-state index < -0.39 is 30.6 Å². The summed E-state index contributed by atoms with van der Waals surface area (Å²) in [6.07, 6.45) is -2.60. The molecular weight excluding hydrogens is 751 g/mol. The summed E-state index contributed by atoms with van der Waals surface area (Å²) in [6.45, 7) is 10.0. The Bertz CT molecular complexity index is 1960. The van der Waals surface area contributed by atoms with Crippen LogP contribution in [-0.4, -0.2) is 74.9 Å². The number of esters is 2. The molecule has 2 aliphatic rings. The number of ether oxygens (including phenoxy) is 7. The molecule has 2 fully saturated rings. The second-order valence-corrected chi connectivity index (χ2v) is 15.7. The van der Waals surface area contributed by atoms with Crippen molar-refractivity contribution in [2.45, 2.75) is 91.1 Å². The number of carbonyl (C=O) groups is 3. The van der Waals surface area contributed by atoms with Gasteiger partial charge in [-0.2, -0.15) is 0 Å². The quantitative estimate of drug-likeness (QED) is 0.112. The van der Waals surface area contributed by atoms with E-state index in [1.165, 1.54) is 13.8 Å². The summed E-state index contributed by atoms with van der Waals surface area (Å²) in [6, 6.07) is 35.0. The molecule has 314 valence electrons. The normalized spacial score (nSPS) is 26.7. The van der Waals surface area contributed by atoms with E-state index >= 15 is 0 Å². The van der Waals surface area contributed by atoms with Crippen molar-refractivity contribution < 1.29 is 47.5 Å². The lowest BCUT2D eigenvalue weighted by atomic mass is 9.74. The molecule has 1 N–H and O–H groups in total. The van der Waals surface area contributed by atoms with E-state index in [4.69, 9.17) is 33.2 Å². The Morgan fingerprint density at radius 3 is 1.76 bits per heavy atom. The zero-order valence-corrected chi connectivity index (χ0v) is 34.8. The first-order valence-corrected chi connectivity index (χ1v) is 20.5. The van der Waals surface area contributed by atoms with E-state index in [-0.39, 0.29) is 61.0 Å². The molecule has 0 aliphatic carbocycles. The lowest BCUT2D eigenvalue weighted by Crippen LogP contribution is -2.58. The predicted octanol–water partition coefficient (Wildman–Crippen LogP) is 7.80. The van der Waals surface area contributed by atoms with Crippen LogP contribution in [0.1, 0.15) is 62.5 Å². The van der Waals surface area contributed by atoms with Crippen molar-refractivity contribution in [3.8, 4) is 16.9 Å². The summed E-state index contributed by atoms with van der Waals surface area (Å²) in [4.78, 5) is 36.4. The maximum absolute atomic E-state index is 12.3. The first-order chi connectivity index (χ1) is 28.5. The van der Waals surface area contributed by atoms with Gasteiger partial charge in [0.15, 0.2) is 0 Å². The van der Waals surface area contributed by atoms with Crippen molar-refractivity contribution in [3.05, 3.63) is 126 Å². The minimum Gasteiger partial charge on any atom is -0.463 e. The maximum Gasteiger partial charge on any atom is 0.302 e. The first kappa shape index (κ1) is 43.5. The van der Waals surface area contributed by atoms with Crippen molar-refractivity contribution in [2.75, 3.05) is 20.3 Å². The Morgan fingerprint density at radius 2 is 1.19 bits per heavy atom. The van der Waals surface area contributed by atoms with Gasteiger partial charge in [-0.3, -0.25) is 14.4 Å². The Hall–Kier alpha value is -5.07. The zero-order valence-electron chi connectivity index (χ0n) is 34.8. The van der Waals surface area contributed by atoms with Crippen LogP contribution in [0.15, 0.2) is 109 Å². The largest absolute Gasteiger partial charge is 0.463 e. The molecular formula is C48H57NO10. The van der Waals surface area contributed by atoms with Gasteiger partial charge in [-0.25, -0.2) is 0 Å². The summed E-state index contributed by atoms with van der Waals surface area (Å²) in [7, 11) is 1.61. The van der Waals surface area contributed by atoms with Gasteiger partial charge in [0.2, 0.25) is 6.29 Å². The van der Waals surface area contributed by atoms with Gasteiger partial charge in [0.25, 0.3) is 5.91 Å². The average molecular weight is 808 g/mol. The maximum atomic E-state index is 12.3. The van der Waals surface area contributed by atoms with E-state index in [1.807, 2.05) is 103 Å². The van der Waals surface area contributed by atoms with Gasteiger partial charge < -0.3 is 38.5 Å². The number of hydrogen-bond acceptors (Lipinski definition) is 10. The van der Waals surface area contributed by atoms with Crippen LogP contribution in [0.2, 0.25) is 0 Å². The van der Waals surface area contributed by atoms with Gasteiger partial charge in [0.05, 0.1) is 37.6 Å². The number of rotatable bonds is 16. The van der Waals surface area contributed by atoms with Crippen molar-refractivity contribution in [1.29, 1.82) is 0 Å². The number of hydrogen-bond donors (Lipinski definition) is 1. The summed E-state index contributed by atoms with van der Waals surface area (Å²) in [5, 5.41) is 2.68. The van der Waals surface area contributed by atoms with Gasteiger partial charge in [-0.15, -0.1) is 0 Å². The highest BCUT2D eigenvalue weighted by molar-refractivity contribution is 5.95. The van der Waals surface area contributed by atoms with E-state index in [9.17, 15) is 14.4 Å². The summed E-state index contributed by atoms with van der Waals surface area (Å²) >= 11 is 0. The molecule has 0 aromatic heterocycles. The Balaban J connectivity index is 1.33. The first-order valence-electron chi connectivity index (χ1n) is 20.5. The van der Waals surface area contributed by atoms with Crippen LogP contribution < -0.4 is 10.1 Å². The van der Waals surface area contributed by atoms with Crippen LogP contribution in [-0.2, 0) is 51.2 Å². The molecule has 6 rings (SSSR count). The number of benzene rings is 4. The fourth-order valence-corrected chi connectivity index (χ4v) is 8.07. The molecule has 2 heterocycles. The van der Waals surface area contributed by atoms with Gasteiger partial charge in [0, 0.05) is 26.5 Å². The molecule has 2 saturated heterocycles. The van der Waals surface area contributed by atoms with Crippen LogP contribution in [0, 0.1) is 23.7 Å². The van der Waals surface area contributed by atoms with E-state index in [0.29, 0.717) is 30.9 Å². The smallest absolute Gasteiger partial charge is 0.302 e. The number of carbonyl (C=O) groups excluding carboxylic acids is 3. The van der Waals surface area contributed by atoms with Crippen LogP contribution in [0.25, 0.3) is 11.1 Å². The summed E-state index contributed by atoms with van der Waals surface area (Å²) in [5.41, 5.74) is 4.40. The molecule has 0 radical (unpaired) electrons. The fourth-order valence-electron chi connectivity index (χ4n) is 8.07.